The van der Waals surface area contributed by atoms with Crippen molar-refractivity contribution in [3.63, 3.8) is 0 Å². The number of nitriles is 1. The van der Waals surface area contributed by atoms with Crippen LogP contribution in [0.5, 0.6) is 0 Å². The molecule has 0 saturated carbocycles. The number of nitrogens with one attached hydrogen (secondary N) is 1. The van der Waals surface area contributed by atoms with Gasteiger partial charge in [0, 0.05) is 44.0 Å². The van der Waals surface area contributed by atoms with Gasteiger partial charge in [-0.05, 0) is 42.8 Å². The van der Waals surface area contributed by atoms with Gasteiger partial charge in [-0.2, -0.15) is 23.5 Å². The highest BCUT2D eigenvalue weighted by Crippen LogP contribution is 2.34. The normalized spacial score (nSPS) is 15.7. The quantitative estimate of drug-likeness (QED) is 0.527. The summed E-state index contributed by atoms with van der Waals surface area (Å²) in [6.07, 6.45) is -1.58. The van der Waals surface area contributed by atoms with E-state index in [0.29, 0.717) is 31.9 Å². The van der Waals surface area contributed by atoms with Gasteiger partial charge in [-0.3, -0.25) is 14.6 Å². The zero-order chi connectivity index (χ0) is 28.4. The van der Waals surface area contributed by atoms with Crippen molar-refractivity contribution >= 4 is 29.1 Å². The van der Waals surface area contributed by atoms with Crippen LogP contribution in [0.4, 0.5) is 29.5 Å². The molecule has 0 spiro atoms. The van der Waals surface area contributed by atoms with E-state index < -0.39 is 11.7 Å². The van der Waals surface area contributed by atoms with E-state index in [0.717, 1.165) is 23.4 Å². The Balaban J connectivity index is 1.26. The van der Waals surface area contributed by atoms with Crippen molar-refractivity contribution in [3.05, 3.63) is 83.1 Å². The molecule has 1 saturated heterocycles. The SMILES string of the molecule is Cc1cccc(NC(=O)N2CCN(CC(=O)N3CC=C(c4cccc(C(F)(F)F)c4)n4ncc(C#N)c43)CC2)c1. The summed E-state index contributed by atoms with van der Waals surface area (Å²) in [6, 6.07) is 14.2. The van der Waals surface area contributed by atoms with Crippen molar-refractivity contribution in [1.82, 2.24) is 19.6 Å². The Hall–Kier alpha value is -4.63. The molecular weight excluding hydrogens is 523 g/mol. The van der Waals surface area contributed by atoms with Gasteiger partial charge in [0.05, 0.1) is 24.0 Å². The van der Waals surface area contributed by atoms with Crippen LogP contribution in [0.25, 0.3) is 5.70 Å². The first kappa shape index (κ1) is 27.0. The second-order valence-electron chi connectivity index (χ2n) is 9.64. The monoisotopic (exact) mass is 549 g/mol. The molecular formula is C28H26F3N7O2. The van der Waals surface area contributed by atoms with E-state index in [1.54, 1.807) is 11.0 Å². The van der Waals surface area contributed by atoms with Crippen molar-refractivity contribution in [2.45, 2.75) is 13.1 Å². The predicted octanol–water partition coefficient (Wildman–Crippen LogP) is 4.17. The number of hydrogen-bond donors (Lipinski definition) is 1. The van der Waals surface area contributed by atoms with E-state index in [9.17, 15) is 28.0 Å². The molecule has 2 aliphatic heterocycles. The Morgan fingerprint density at radius 1 is 1.07 bits per heavy atom. The second-order valence-corrected chi connectivity index (χ2v) is 9.64. The minimum atomic E-state index is -4.51. The molecule has 0 radical (unpaired) electrons. The van der Waals surface area contributed by atoms with Crippen LogP contribution in [-0.4, -0.2) is 70.8 Å². The lowest BCUT2D eigenvalue weighted by Crippen LogP contribution is -2.53. The minimum Gasteiger partial charge on any atom is -0.322 e. The summed E-state index contributed by atoms with van der Waals surface area (Å²) in [7, 11) is 0. The summed E-state index contributed by atoms with van der Waals surface area (Å²) < 4.78 is 41.2. The van der Waals surface area contributed by atoms with Crippen LogP contribution in [0.15, 0.2) is 60.8 Å². The number of anilines is 2. The predicted molar refractivity (Wildman–Crippen MR) is 142 cm³/mol. The average Bonchev–Trinajstić information content (AvgIpc) is 3.37. The number of amides is 3. The number of fused-ring (bicyclic) bond motifs is 1. The fourth-order valence-electron chi connectivity index (χ4n) is 4.83. The van der Waals surface area contributed by atoms with Gasteiger partial charge < -0.3 is 10.2 Å². The Morgan fingerprint density at radius 2 is 1.82 bits per heavy atom. The molecule has 0 aliphatic carbocycles. The molecule has 2 aliphatic rings. The minimum absolute atomic E-state index is 0.0517. The highest BCUT2D eigenvalue weighted by molar-refractivity contribution is 5.97. The van der Waals surface area contributed by atoms with Crippen LogP contribution in [-0.2, 0) is 11.0 Å². The first-order valence-electron chi connectivity index (χ1n) is 12.7. The summed E-state index contributed by atoms with van der Waals surface area (Å²) in [5.74, 6) is -0.0613. The van der Waals surface area contributed by atoms with Gasteiger partial charge in [-0.1, -0.05) is 24.3 Å². The number of alkyl halides is 3. The standard InChI is InChI=1S/C28H26F3N7O2/c1-19-4-2-7-23(14-19)34-27(40)36-12-10-35(11-13-36)18-25(39)37-9-8-24(38-26(37)21(16-32)17-33-38)20-5-3-6-22(15-20)28(29,30)31/h2-8,14-15,17H,9-13,18H2,1H3,(H,34,40). The number of benzene rings is 2. The highest BCUT2D eigenvalue weighted by atomic mass is 19.4. The Bertz CT molecular complexity index is 1510. The number of nitrogens with zero attached hydrogens (tertiary/aromatic N) is 6. The third kappa shape index (κ3) is 5.55. The van der Waals surface area contributed by atoms with Crippen LogP contribution >= 0.6 is 0 Å². The van der Waals surface area contributed by atoms with Crippen LogP contribution in [0.3, 0.4) is 0 Å². The molecule has 0 unspecified atom stereocenters. The van der Waals surface area contributed by atoms with E-state index in [4.69, 9.17) is 0 Å². The Labute approximate surface area is 228 Å². The second kappa shape index (κ2) is 10.9. The summed E-state index contributed by atoms with van der Waals surface area (Å²) in [6.45, 7) is 3.91. The average molecular weight is 550 g/mol. The van der Waals surface area contributed by atoms with Crippen molar-refractivity contribution in [3.8, 4) is 6.07 Å². The van der Waals surface area contributed by atoms with Crippen LogP contribution in [0, 0.1) is 18.3 Å². The maximum absolute atomic E-state index is 13.4. The van der Waals surface area contributed by atoms with E-state index in [1.807, 2.05) is 42.2 Å². The fraction of sp³-hybridized carbons (Fsp3) is 0.286. The maximum atomic E-state index is 13.4. The van der Waals surface area contributed by atoms with Gasteiger partial charge in [0.15, 0.2) is 5.82 Å². The molecule has 3 aromatic rings. The number of carbonyl (C=O) groups excluding carboxylic acids is 2. The maximum Gasteiger partial charge on any atom is 0.416 e. The van der Waals surface area contributed by atoms with Crippen LogP contribution in [0.2, 0.25) is 0 Å². The van der Waals surface area contributed by atoms with Crippen molar-refractivity contribution in [1.29, 1.82) is 5.26 Å². The zero-order valence-electron chi connectivity index (χ0n) is 21.6. The number of hydrogen-bond acceptors (Lipinski definition) is 5. The molecule has 0 bridgehead atoms. The Kier molecular flexibility index (Phi) is 7.32. The van der Waals surface area contributed by atoms with Gasteiger partial charge in [-0.25, -0.2) is 9.48 Å². The van der Waals surface area contributed by atoms with Gasteiger partial charge in [0.2, 0.25) is 5.91 Å². The number of rotatable bonds is 4. The fourth-order valence-corrected chi connectivity index (χ4v) is 4.83. The first-order chi connectivity index (χ1) is 19.1. The summed E-state index contributed by atoms with van der Waals surface area (Å²) in [5, 5.41) is 16.8. The zero-order valence-corrected chi connectivity index (χ0v) is 21.6. The number of piperazine rings is 1. The van der Waals surface area contributed by atoms with E-state index in [-0.39, 0.29) is 42.0 Å². The van der Waals surface area contributed by atoms with Gasteiger partial charge in [-0.15, -0.1) is 0 Å². The van der Waals surface area contributed by atoms with Gasteiger partial charge in [0.1, 0.15) is 11.6 Å². The lowest BCUT2D eigenvalue weighted by molar-refractivity contribution is -0.137. The number of aromatic nitrogens is 2. The Morgan fingerprint density at radius 3 is 2.52 bits per heavy atom. The molecule has 1 fully saturated rings. The largest absolute Gasteiger partial charge is 0.416 e. The third-order valence-corrected chi connectivity index (χ3v) is 6.89. The lowest BCUT2D eigenvalue weighted by atomic mass is 10.1. The molecule has 3 heterocycles. The molecule has 12 heteroatoms. The van der Waals surface area contributed by atoms with E-state index >= 15 is 0 Å². The number of halogens is 3. The smallest absolute Gasteiger partial charge is 0.322 e. The molecule has 2 aromatic carbocycles. The highest BCUT2D eigenvalue weighted by Gasteiger charge is 2.33. The van der Waals surface area contributed by atoms with Gasteiger partial charge >= 0.3 is 12.2 Å². The van der Waals surface area contributed by atoms with Gasteiger partial charge in [0.25, 0.3) is 0 Å². The molecule has 0 atom stereocenters. The topological polar surface area (TPSA) is 97.5 Å². The number of carbonyl (C=O) groups is 2. The molecule has 5 rings (SSSR count). The molecule has 1 aromatic heterocycles. The molecule has 206 valence electrons. The van der Waals surface area contributed by atoms with Crippen LogP contribution < -0.4 is 10.2 Å². The van der Waals surface area contributed by atoms with Crippen molar-refractivity contribution in [2.75, 3.05) is 49.5 Å². The molecule has 40 heavy (non-hydrogen) atoms. The van der Waals surface area contributed by atoms with Crippen LogP contribution in [0.1, 0.15) is 22.3 Å². The summed E-state index contributed by atoms with van der Waals surface area (Å²) >= 11 is 0. The van der Waals surface area contributed by atoms with Crippen molar-refractivity contribution < 1.29 is 22.8 Å². The van der Waals surface area contributed by atoms with E-state index in [1.165, 1.54) is 27.9 Å². The third-order valence-electron chi connectivity index (χ3n) is 6.89. The lowest BCUT2D eigenvalue weighted by Gasteiger charge is -2.36. The summed E-state index contributed by atoms with van der Waals surface area (Å²) in [5.41, 5.74) is 1.73. The molecule has 1 N–H and O–H groups in total. The number of urea groups is 1. The van der Waals surface area contributed by atoms with Crippen molar-refractivity contribution in [2.24, 2.45) is 0 Å². The summed E-state index contributed by atoms with van der Waals surface area (Å²) in [4.78, 5) is 31.1. The first-order valence-corrected chi connectivity index (χ1v) is 12.7. The number of aryl methyl sites for hydroxylation is 1. The molecule has 9 nitrogen and oxygen atoms in total. The van der Waals surface area contributed by atoms with E-state index in [2.05, 4.69) is 10.4 Å². The molecule has 3 amide bonds.